The molecule has 1 aromatic carbocycles. The second kappa shape index (κ2) is 8.97. The molecule has 1 saturated heterocycles. The molecule has 1 fully saturated rings. The first kappa shape index (κ1) is 19.9. The van der Waals surface area contributed by atoms with Crippen LogP contribution in [0.3, 0.4) is 0 Å². The molecule has 150 valence electrons. The van der Waals surface area contributed by atoms with E-state index in [0.717, 1.165) is 73.9 Å². The zero-order chi connectivity index (χ0) is 19.5. The van der Waals surface area contributed by atoms with Crippen molar-refractivity contribution in [2.45, 2.75) is 51.5 Å². The van der Waals surface area contributed by atoms with Gasteiger partial charge in [0.15, 0.2) is 5.69 Å². The summed E-state index contributed by atoms with van der Waals surface area (Å²) in [6.45, 7) is 2.65. The van der Waals surface area contributed by atoms with Gasteiger partial charge in [0.25, 0.3) is 5.91 Å². The molecule has 1 aliphatic heterocycles. The van der Waals surface area contributed by atoms with Gasteiger partial charge in [-0.2, -0.15) is 5.10 Å². The predicted molar refractivity (Wildman–Crippen MR) is 116 cm³/mol. The minimum Gasteiger partial charge on any atom is -0.283 e. The van der Waals surface area contributed by atoms with Crippen LogP contribution in [-0.2, 0) is 13.0 Å². The van der Waals surface area contributed by atoms with E-state index in [0.29, 0.717) is 11.6 Å². The lowest BCUT2D eigenvalue weighted by molar-refractivity contribution is 0.0743. The molecule has 5 nitrogen and oxygen atoms in total. The summed E-state index contributed by atoms with van der Waals surface area (Å²) in [7, 11) is 0. The molecule has 2 aliphatic rings. The van der Waals surface area contributed by atoms with Gasteiger partial charge in [0.2, 0.25) is 0 Å². The first-order chi connectivity index (χ1) is 13.7. The highest BCUT2D eigenvalue weighted by Gasteiger charge is 2.31. The summed E-state index contributed by atoms with van der Waals surface area (Å²) in [6.07, 6.45) is 7.36. The number of hydrazine groups is 1. The van der Waals surface area contributed by atoms with E-state index < -0.39 is 0 Å². The molecule has 0 bridgehead atoms. The van der Waals surface area contributed by atoms with Crippen molar-refractivity contribution in [1.29, 1.82) is 0 Å². The monoisotopic (exact) mass is 464 g/mol. The third-order valence-electron chi connectivity index (χ3n) is 5.57. The Hall–Kier alpha value is -1.37. The number of aromatic nitrogens is 2. The number of nitrogens with zero attached hydrogens (tertiary/aromatic N) is 3. The standard InChI is InChI=1S/C21H26BrClN4O/c22-16-7-8-17-15(13-16)14-18-19(21(28)25-26-10-4-2-5-11-26)24-27(20(17)18)12-6-1-3-9-23/h7-8,13H,1-6,9-12,14H2,(H,25,28). The van der Waals surface area contributed by atoms with Gasteiger partial charge in [-0.1, -0.05) is 34.8 Å². The summed E-state index contributed by atoms with van der Waals surface area (Å²) in [5.41, 5.74) is 8.27. The Morgan fingerprint density at radius 1 is 1.18 bits per heavy atom. The first-order valence-corrected chi connectivity index (χ1v) is 11.5. The van der Waals surface area contributed by atoms with Crippen LogP contribution >= 0.6 is 27.5 Å². The third-order valence-corrected chi connectivity index (χ3v) is 6.34. The summed E-state index contributed by atoms with van der Waals surface area (Å²) >= 11 is 9.38. The van der Waals surface area contributed by atoms with E-state index in [1.54, 1.807) is 0 Å². The lowest BCUT2D eigenvalue weighted by Gasteiger charge is -2.26. The van der Waals surface area contributed by atoms with Crippen molar-refractivity contribution < 1.29 is 4.79 Å². The van der Waals surface area contributed by atoms with E-state index in [4.69, 9.17) is 16.7 Å². The Balaban J connectivity index is 1.61. The first-order valence-electron chi connectivity index (χ1n) is 10.2. The highest BCUT2D eigenvalue weighted by Crippen LogP contribution is 2.39. The van der Waals surface area contributed by atoms with E-state index in [-0.39, 0.29) is 5.91 Å². The van der Waals surface area contributed by atoms with Crippen LogP contribution in [0.1, 0.15) is 60.1 Å². The van der Waals surface area contributed by atoms with Crippen LogP contribution in [-0.4, -0.2) is 39.7 Å². The van der Waals surface area contributed by atoms with Crippen molar-refractivity contribution in [2.75, 3.05) is 19.0 Å². The Morgan fingerprint density at radius 2 is 2.00 bits per heavy atom. The van der Waals surface area contributed by atoms with Crippen LogP contribution < -0.4 is 5.43 Å². The minimum absolute atomic E-state index is 0.0791. The molecule has 4 rings (SSSR count). The number of amides is 1. The summed E-state index contributed by atoms with van der Waals surface area (Å²) < 4.78 is 3.10. The molecular weight excluding hydrogens is 440 g/mol. The highest BCUT2D eigenvalue weighted by atomic mass is 79.9. The molecule has 1 N–H and O–H groups in total. The Morgan fingerprint density at radius 3 is 2.79 bits per heavy atom. The molecule has 2 heterocycles. The molecule has 7 heteroatoms. The van der Waals surface area contributed by atoms with Crippen molar-refractivity contribution in [1.82, 2.24) is 20.2 Å². The SMILES string of the molecule is O=C(NN1CCCCC1)c1nn(CCCCCCl)c2c1Cc1cc(Br)ccc1-2. The smallest absolute Gasteiger partial charge is 0.283 e. The average molecular weight is 466 g/mol. The largest absolute Gasteiger partial charge is 0.286 e. The number of carbonyl (C=O) groups excluding carboxylic acids is 1. The maximum atomic E-state index is 13.0. The van der Waals surface area contributed by atoms with Gasteiger partial charge in [0.1, 0.15) is 0 Å². The normalized spacial score (nSPS) is 16.1. The molecule has 0 spiro atoms. The fourth-order valence-corrected chi connectivity index (χ4v) is 4.77. The van der Waals surface area contributed by atoms with E-state index in [1.165, 1.54) is 17.5 Å². The molecule has 1 aliphatic carbocycles. The van der Waals surface area contributed by atoms with Crippen LogP contribution in [0.4, 0.5) is 0 Å². The van der Waals surface area contributed by atoms with Crippen molar-refractivity contribution in [3.63, 3.8) is 0 Å². The number of benzene rings is 1. The van der Waals surface area contributed by atoms with Gasteiger partial charge >= 0.3 is 0 Å². The zero-order valence-electron chi connectivity index (χ0n) is 16.0. The number of halogens is 2. The number of unbranched alkanes of at least 4 members (excludes halogenated alkanes) is 2. The van der Waals surface area contributed by atoms with Crippen molar-refractivity contribution in [3.05, 3.63) is 39.5 Å². The van der Waals surface area contributed by atoms with Gasteiger partial charge in [-0.3, -0.25) is 14.9 Å². The third kappa shape index (κ3) is 4.14. The van der Waals surface area contributed by atoms with E-state index in [2.05, 4.69) is 39.6 Å². The van der Waals surface area contributed by atoms with Crippen LogP contribution in [0.15, 0.2) is 22.7 Å². The Kier molecular flexibility index (Phi) is 6.38. The molecule has 28 heavy (non-hydrogen) atoms. The molecule has 0 atom stereocenters. The molecule has 2 aromatic rings. The average Bonchev–Trinajstić information content (AvgIpc) is 3.23. The quantitative estimate of drug-likeness (QED) is 0.404. The highest BCUT2D eigenvalue weighted by molar-refractivity contribution is 9.10. The molecular formula is C21H26BrClN4O. The van der Waals surface area contributed by atoms with Gasteiger partial charge in [-0.15, -0.1) is 11.6 Å². The summed E-state index contributed by atoms with van der Waals surface area (Å²) in [5, 5.41) is 6.79. The second-order valence-corrected chi connectivity index (χ2v) is 8.91. The van der Waals surface area contributed by atoms with Crippen LogP contribution in [0.25, 0.3) is 11.3 Å². The van der Waals surface area contributed by atoms with Gasteiger partial charge in [-0.05, 0) is 43.4 Å². The minimum atomic E-state index is -0.0791. The Bertz CT molecular complexity index is 860. The van der Waals surface area contributed by atoms with Gasteiger partial charge < -0.3 is 0 Å². The number of hydrogen-bond acceptors (Lipinski definition) is 3. The molecule has 1 amide bonds. The number of fused-ring (bicyclic) bond motifs is 3. The van der Waals surface area contributed by atoms with Gasteiger partial charge in [0, 0.05) is 47.5 Å². The van der Waals surface area contributed by atoms with Gasteiger partial charge in [0.05, 0.1) is 5.69 Å². The predicted octanol–water partition coefficient (Wildman–Crippen LogP) is 4.76. The maximum Gasteiger partial charge on any atom is 0.286 e. The lowest BCUT2D eigenvalue weighted by atomic mass is 10.1. The van der Waals surface area contributed by atoms with E-state index in [1.807, 2.05) is 9.69 Å². The number of piperidine rings is 1. The van der Waals surface area contributed by atoms with Crippen molar-refractivity contribution in [3.8, 4) is 11.3 Å². The number of carbonyl (C=O) groups is 1. The van der Waals surface area contributed by atoms with E-state index in [9.17, 15) is 4.79 Å². The number of nitrogens with one attached hydrogen (secondary N) is 1. The maximum absolute atomic E-state index is 13.0. The number of hydrogen-bond donors (Lipinski definition) is 1. The molecule has 1 aromatic heterocycles. The summed E-state index contributed by atoms with van der Waals surface area (Å²) in [6, 6.07) is 6.35. The number of rotatable bonds is 7. The van der Waals surface area contributed by atoms with Crippen LogP contribution in [0.2, 0.25) is 0 Å². The van der Waals surface area contributed by atoms with Crippen molar-refractivity contribution in [2.24, 2.45) is 0 Å². The summed E-state index contributed by atoms with van der Waals surface area (Å²) in [5.74, 6) is 0.613. The Labute approximate surface area is 179 Å². The topological polar surface area (TPSA) is 50.2 Å². The second-order valence-electron chi connectivity index (χ2n) is 7.62. The van der Waals surface area contributed by atoms with Crippen LogP contribution in [0.5, 0.6) is 0 Å². The van der Waals surface area contributed by atoms with E-state index >= 15 is 0 Å². The number of alkyl halides is 1. The van der Waals surface area contributed by atoms with Gasteiger partial charge in [-0.25, -0.2) is 5.01 Å². The lowest BCUT2D eigenvalue weighted by Crippen LogP contribution is -2.45. The zero-order valence-corrected chi connectivity index (χ0v) is 18.4. The molecule has 0 radical (unpaired) electrons. The van der Waals surface area contributed by atoms with Crippen LogP contribution in [0, 0.1) is 0 Å². The molecule has 0 saturated carbocycles. The summed E-state index contributed by atoms with van der Waals surface area (Å²) in [4.78, 5) is 13.0. The molecule has 0 unspecified atom stereocenters. The number of aryl methyl sites for hydroxylation is 1. The van der Waals surface area contributed by atoms with Crippen molar-refractivity contribution >= 4 is 33.4 Å². The fourth-order valence-electron chi connectivity index (χ4n) is 4.18. The fraction of sp³-hybridized carbons (Fsp3) is 0.524.